The lowest BCUT2D eigenvalue weighted by atomic mass is 10.1. The molecule has 2 heterocycles. The van der Waals surface area contributed by atoms with E-state index in [9.17, 15) is 9.50 Å². The molecule has 1 saturated heterocycles. The molecule has 8 heteroatoms. The van der Waals surface area contributed by atoms with E-state index >= 15 is 0 Å². The van der Waals surface area contributed by atoms with Gasteiger partial charge in [-0.3, -0.25) is 0 Å². The molecule has 1 aromatic carbocycles. The topological polar surface area (TPSA) is 79.3 Å². The molecule has 6 nitrogen and oxygen atoms in total. The van der Waals surface area contributed by atoms with Crippen LogP contribution in [0.4, 0.5) is 16.0 Å². The van der Waals surface area contributed by atoms with Crippen LogP contribution < -0.4 is 10.6 Å². The molecule has 0 amide bonds. The highest BCUT2D eigenvalue weighted by Gasteiger charge is 2.24. The summed E-state index contributed by atoms with van der Waals surface area (Å²) in [5.41, 5.74) is 1.41. The Kier molecular flexibility index (Phi) is 5.90. The molecular formula is C18H22ClFN4O2. The summed E-state index contributed by atoms with van der Waals surface area (Å²) in [4.78, 5) is 8.57. The molecule has 0 unspecified atom stereocenters. The lowest BCUT2D eigenvalue weighted by Crippen LogP contribution is -2.42. The Morgan fingerprint density at radius 3 is 2.88 bits per heavy atom. The van der Waals surface area contributed by atoms with E-state index in [-0.39, 0.29) is 24.5 Å². The van der Waals surface area contributed by atoms with Gasteiger partial charge in [0.15, 0.2) is 0 Å². The monoisotopic (exact) mass is 380 g/mol. The Bertz CT molecular complexity index is 775. The molecule has 0 saturated carbocycles. The van der Waals surface area contributed by atoms with Crippen molar-refractivity contribution in [2.45, 2.75) is 38.5 Å². The molecule has 26 heavy (non-hydrogen) atoms. The van der Waals surface area contributed by atoms with Gasteiger partial charge < -0.3 is 20.5 Å². The minimum Gasteiger partial charge on any atom is -0.389 e. The fourth-order valence-electron chi connectivity index (χ4n) is 2.79. The molecule has 2 atom stereocenters. The molecule has 0 spiro atoms. The van der Waals surface area contributed by atoms with Crippen LogP contribution in [0.15, 0.2) is 24.4 Å². The van der Waals surface area contributed by atoms with Gasteiger partial charge in [0.2, 0.25) is 5.95 Å². The zero-order valence-electron chi connectivity index (χ0n) is 14.7. The maximum Gasteiger partial charge on any atom is 0.223 e. The maximum atomic E-state index is 14.3. The summed E-state index contributed by atoms with van der Waals surface area (Å²) in [6.07, 6.45) is 1.48. The summed E-state index contributed by atoms with van der Waals surface area (Å²) >= 11 is 6.22. The lowest BCUT2D eigenvalue weighted by molar-refractivity contribution is -0.0136. The second-order valence-corrected chi connectivity index (χ2v) is 6.97. The van der Waals surface area contributed by atoms with E-state index in [1.165, 1.54) is 12.3 Å². The van der Waals surface area contributed by atoms with Crippen molar-refractivity contribution in [1.29, 1.82) is 0 Å². The number of halogens is 2. The number of aliphatic hydroxyl groups is 1. The molecule has 2 aromatic rings. The number of rotatable bonds is 5. The Labute approximate surface area is 156 Å². The number of anilines is 2. The van der Waals surface area contributed by atoms with E-state index in [0.717, 1.165) is 0 Å². The standard InChI is InChI=1S/C18H22ClFN4O2/c1-10(2)22-14-4-3-11(7-13(14)20)17-12(19)8-21-18(24-17)23-15-5-6-26-9-16(15)25/h3-4,7-8,10,15-16,22,25H,5-6,9H2,1-2H3,(H,21,23,24)/t15-,16-/m1/s1. The van der Waals surface area contributed by atoms with E-state index in [2.05, 4.69) is 20.6 Å². The van der Waals surface area contributed by atoms with Crippen molar-refractivity contribution in [2.24, 2.45) is 0 Å². The third-order valence-corrected chi connectivity index (χ3v) is 4.35. The molecule has 1 aliphatic rings. The molecule has 1 fully saturated rings. The van der Waals surface area contributed by atoms with Gasteiger partial charge in [-0.2, -0.15) is 0 Å². The van der Waals surface area contributed by atoms with Crippen molar-refractivity contribution in [1.82, 2.24) is 9.97 Å². The van der Waals surface area contributed by atoms with Crippen LogP contribution in [0, 0.1) is 5.82 Å². The van der Waals surface area contributed by atoms with Gasteiger partial charge in [-0.15, -0.1) is 0 Å². The minimum atomic E-state index is -0.634. The van der Waals surface area contributed by atoms with Crippen LogP contribution >= 0.6 is 11.6 Å². The van der Waals surface area contributed by atoms with Crippen molar-refractivity contribution in [3.05, 3.63) is 35.2 Å². The molecule has 0 bridgehead atoms. The van der Waals surface area contributed by atoms with Crippen LogP contribution in [-0.4, -0.2) is 46.5 Å². The smallest absolute Gasteiger partial charge is 0.223 e. The van der Waals surface area contributed by atoms with E-state index in [1.54, 1.807) is 12.1 Å². The van der Waals surface area contributed by atoms with Crippen molar-refractivity contribution < 1.29 is 14.2 Å². The summed E-state index contributed by atoms with van der Waals surface area (Å²) in [6.45, 7) is 4.72. The third kappa shape index (κ3) is 4.41. The third-order valence-electron chi connectivity index (χ3n) is 4.07. The predicted octanol–water partition coefficient (Wildman–Crippen LogP) is 3.32. The molecular weight excluding hydrogens is 359 g/mol. The van der Waals surface area contributed by atoms with Crippen LogP contribution in [0.3, 0.4) is 0 Å². The Hall–Kier alpha value is -1.96. The highest BCUT2D eigenvalue weighted by Crippen LogP contribution is 2.29. The van der Waals surface area contributed by atoms with E-state index in [1.807, 2.05) is 13.8 Å². The van der Waals surface area contributed by atoms with Crippen LogP contribution in [0.1, 0.15) is 20.3 Å². The number of benzene rings is 1. The number of aliphatic hydroxyl groups excluding tert-OH is 1. The van der Waals surface area contributed by atoms with Gasteiger partial charge in [0.25, 0.3) is 0 Å². The van der Waals surface area contributed by atoms with Crippen LogP contribution in [0.25, 0.3) is 11.3 Å². The quantitative estimate of drug-likeness (QED) is 0.738. The number of hydrogen-bond acceptors (Lipinski definition) is 6. The molecule has 140 valence electrons. The number of nitrogens with one attached hydrogen (secondary N) is 2. The van der Waals surface area contributed by atoms with E-state index in [0.29, 0.717) is 40.9 Å². The van der Waals surface area contributed by atoms with Gasteiger partial charge in [0.1, 0.15) is 5.82 Å². The number of hydrogen-bond donors (Lipinski definition) is 3. The minimum absolute atomic E-state index is 0.125. The Balaban J connectivity index is 1.84. The predicted molar refractivity (Wildman–Crippen MR) is 100 cm³/mol. The zero-order valence-corrected chi connectivity index (χ0v) is 15.4. The Morgan fingerprint density at radius 1 is 1.38 bits per heavy atom. The van der Waals surface area contributed by atoms with Crippen molar-refractivity contribution >= 4 is 23.2 Å². The number of nitrogens with zero attached hydrogens (tertiary/aromatic N) is 2. The first kappa shape index (κ1) is 18.8. The van der Waals surface area contributed by atoms with Crippen molar-refractivity contribution in [2.75, 3.05) is 23.8 Å². The Morgan fingerprint density at radius 2 is 2.19 bits per heavy atom. The van der Waals surface area contributed by atoms with Crippen LogP contribution in [-0.2, 0) is 4.74 Å². The first-order valence-corrected chi connectivity index (χ1v) is 8.93. The van der Waals surface area contributed by atoms with Crippen LogP contribution in [0.5, 0.6) is 0 Å². The largest absolute Gasteiger partial charge is 0.389 e. The van der Waals surface area contributed by atoms with Crippen molar-refractivity contribution in [3.8, 4) is 11.3 Å². The summed E-state index contributed by atoms with van der Waals surface area (Å²) in [5.74, 6) is -0.0413. The first-order chi connectivity index (χ1) is 12.4. The summed E-state index contributed by atoms with van der Waals surface area (Å²) in [5, 5.41) is 16.5. The fourth-order valence-corrected chi connectivity index (χ4v) is 2.99. The van der Waals surface area contributed by atoms with Crippen molar-refractivity contribution in [3.63, 3.8) is 0 Å². The first-order valence-electron chi connectivity index (χ1n) is 8.55. The average Bonchev–Trinajstić information content (AvgIpc) is 2.60. The van der Waals surface area contributed by atoms with Gasteiger partial charge in [-0.25, -0.2) is 14.4 Å². The van der Waals surface area contributed by atoms with Gasteiger partial charge in [-0.05, 0) is 32.4 Å². The SMILES string of the molecule is CC(C)Nc1ccc(-c2nc(N[C@@H]3CCOC[C@H]3O)ncc2Cl)cc1F. The fraction of sp³-hybridized carbons (Fsp3) is 0.444. The highest BCUT2D eigenvalue weighted by atomic mass is 35.5. The maximum absolute atomic E-state index is 14.3. The van der Waals surface area contributed by atoms with Gasteiger partial charge in [0, 0.05) is 18.2 Å². The van der Waals surface area contributed by atoms with Gasteiger partial charge in [0.05, 0.1) is 41.4 Å². The molecule has 1 aliphatic heterocycles. The highest BCUT2D eigenvalue weighted by molar-refractivity contribution is 6.32. The number of aromatic nitrogens is 2. The molecule has 0 aliphatic carbocycles. The summed E-state index contributed by atoms with van der Waals surface area (Å²) < 4.78 is 19.6. The zero-order chi connectivity index (χ0) is 18.7. The van der Waals surface area contributed by atoms with E-state index < -0.39 is 6.10 Å². The van der Waals surface area contributed by atoms with Gasteiger partial charge >= 0.3 is 0 Å². The lowest BCUT2D eigenvalue weighted by Gasteiger charge is -2.28. The molecule has 0 radical (unpaired) electrons. The molecule has 3 rings (SSSR count). The number of ether oxygens (including phenoxy) is 1. The van der Waals surface area contributed by atoms with E-state index in [4.69, 9.17) is 16.3 Å². The average molecular weight is 381 g/mol. The summed E-state index contributed by atoms with van der Waals surface area (Å²) in [7, 11) is 0. The van der Waals surface area contributed by atoms with Gasteiger partial charge in [-0.1, -0.05) is 17.7 Å². The second kappa shape index (κ2) is 8.16. The molecule has 3 N–H and O–H groups in total. The molecule has 1 aromatic heterocycles. The van der Waals surface area contributed by atoms with Crippen LogP contribution in [0.2, 0.25) is 5.02 Å². The normalized spacial score (nSPS) is 20.2. The summed E-state index contributed by atoms with van der Waals surface area (Å²) in [6, 6.07) is 4.74. The second-order valence-electron chi connectivity index (χ2n) is 6.57.